The molecule has 0 amide bonds. The molecule has 2 aromatic carbocycles. The zero-order chi connectivity index (χ0) is 13.6. The van der Waals surface area contributed by atoms with Crippen LogP contribution in [0.4, 0.5) is 5.82 Å². The number of rotatable bonds is 1. The van der Waals surface area contributed by atoms with Crippen LogP contribution in [0.15, 0.2) is 42.5 Å². The Morgan fingerprint density at radius 1 is 1.00 bits per heavy atom. The molecule has 0 bridgehead atoms. The molecule has 2 nitrogen and oxygen atoms in total. The monoisotopic (exact) mass is 250 g/mol. The van der Waals surface area contributed by atoms with E-state index in [4.69, 9.17) is 5.73 Å². The van der Waals surface area contributed by atoms with Crippen molar-refractivity contribution in [3.63, 3.8) is 0 Å². The van der Waals surface area contributed by atoms with Crippen LogP contribution in [0.2, 0.25) is 0 Å². The number of hydrogen-bond acceptors (Lipinski definition) is 1. The van der Waals surface area contributed by atoms with Gasteiger partial charge in [0.15, 0.2) is 0 Å². The van der Waals surface area contributed by atoms with Crippen molar-refractivity contribution in [3.05, 3.63) is 53.6 Å². The second-order valence-electron chi connectivity index (χ2n) is 5.15. The number of fused-ring (bicyclic) bond motifs is 1. The number of para-hydroxylation sites is 1. The van der Waals surface area contributed by atoms with Crippen LogP contribution in [0.5, 0.6) is 0 Å². The van der Waals surface area contributed by atoms with Gasteiger partial charge in [-0.3, -0.25) is 0 Å². The van der Waals surface area contributed by atoms with Gasteiger partial charge in [-0.25, -0.2) is 0 Å². The fourth-order valence-corrected chi connectivity index (χ4v) is 2.79. The summed E-state index contributed by atoms with van der Waals surface area (Å²) in [5.74, 6) is 0.827. The Morgan fingerprint density at radius 3 is 2.47 bits per heavy atom. The Hall–Kier alpha value is -2.22. The molecule has 0 unspecified atom stereocenters. The third-order valence-electron chi connectivity index (χ3n) is 3.80. The van der Waals surface area contributed by atoms with Crippen molar-refractivity contribution in [3.8, 4) is 11.1 Å². The summed E-state index contributed by atoms with van der Waals surface area (Å²) in [5.41, 5.74) is 12.4. The summed E-state index contributed by atoms with van der Waals surface area (Å²) >= 11 is 0. The second kappa shape index (κ2) is 4.16. The van der Waals surface area contributed by atoms with E-state index in [1.54, 1.807) is 0 Å². The maximum atomic E-state index is 6.32. The molecule has 3 rings (SSSR count). The predicted molar refractivity (Wildman–Crippen MR) is 82.2 cm³/mol. The number of aryl methyl sites for hydroxylation is 3. The molecule has 0 aliphatic rings. The van der Waals surface area contributed by atoms with E-state index in [0.29, 0.717) is 0 Å². The van der Waals surface area contributed by atoms with Gasteiger partial charge in [0, 0.05) is 23.5 Å². The second-order valence-corrected chi connectivity index (χ2v) is 5.15. The number of anilines is 1. The van der Waals surface area contributed by atoms with Crippen LogP contribution < -0.4 is 5.73 Å². The number of nitrogens with two attached hydrogens (primary N) is 1. The number of hydrogen-bond donors (Lipinski definition) is 1. The van der Waals surface area contributed by atoms with E-state index in [1.165, 1.54) is 27.6 Å². The van der Waals surface area contributed by atoms with Gasteiger partial charge in [0.05, 0.1) is 0 Å². The Balaban J connectivity index is 2.39. The highest BCUT2D eigenvalue weighted by molar-refractivity contribution is 6.03. The maximum absolute atomic E-state index is 6.32. The van der Waals surface area contributed by atoms with Gasteiger partial charge in [-0.2, -0.15) is 0 Å². The van der Waals surface area contributed by atoms with Crippen molar-refractivity contribution < 1.29 is 0 Å². The van der Waals surface area contributed by atoms with Gasteiger partial charge in [-0.15, -0.1) is 0 Å². The molecule has 0 aliphatic heterocycles. The third-order valence-corrected chi connectivity index (χ3v) is 3.80. The van der Waals surface area contributed by atoms with Crippen LogP contribution in [0.25, 0.3) is 22.0 Å². The van der Waals surface area contributed by atoms with Crippen LogP contribution in [0, 0.1) is 13.8 Å². The molecule has 0 spiro atoms. The number of nitrogens with zero attached hydrogens (tertiary/aromatic N) is 1. The van der Waals surface area contributed by atoms with Gasteiger partial charge in [0.2, 0.25) is 0 Å². The number of aromatic nitrogens is 1. The Kier molecular flexibility index (Phi) is 2.59. The molecule has 1 aromatic heterocycles. The first kappa shape index (κ1) is 11.8. The van der Waals surface area contributed by atoms with Crippen LogP contribution in [0.1, 0.15) is 11.1 Å². The summed E-state index contributed by atoms with van der Waals surface area (Å²) in [5, 5.41) is 1.22. The first-order valence-corrected chi connectivity index (χ1v) is 6.50. The molecule has 2 N–H and O–H groups in total. The van der Waals surface area contributed by atoms with Crippen molar-refractivity contribution in [2.75, 3.05) is 5.73 Å². The predicted octanol–water partition coefficient (Wildman–Crippen LogP) is 4.04. The summed E-state index contributed by atoms with van der Waals surface area (Å²) < 4.78 is 2.06. The molecule has 3 aromatic rings. The molecule has 2 heteroatoms. The average molecular weight is 250 g/mol. The van der Waals surface area contributed by atoms with E-state index >= 15 is 0 Å². The van der Waals surface area contributed by atoms with E-state index in [0.717, 1.165) is 11.4 Å². The molecular weight excluding hydrogens is 232 g/mol. The van der Waals surface area contributed by atoms with E-state index < -0.39 is 0 Å². The largest absolute Gasteiger partial charge is 0.385 e. The average Bonchev–Trinajstić information content (AvgIpc) is 2.64. The minimum atomic E-state index is 0.827. The zero-order valence-corrected chi connectivity index (χ0v) is 11.6. The Labute approximate surface area is 113 Å². The number of benzene rings is 2. The molecule has 0 saturated carbocycles. The molecule has 19 heavy (non-hydrogen) atoms. The highest BCUT2D eigenvalue weighted by Gasteiger charge is 2.15. The van der Waals surface area contributed by atoms with Crippen LogP contribution in [0.3, 0.4) is 0 Å². The van der Waals surface area contributed by atoms with Gasteiger partial charge in [0.1, 0.15) is 5.82 Å². The van der Waals surface area contributed by atoms with Crippen molar-refractivity contribution >= 4 is 16.7 Å². The first-order valence-electron chi connectivity index (χ1n) is 6.50. The summed E-state index contributed by atoms with van der Waals surface area (Å²) in [6.07, 6.45) is 0. The summed E-state index contributed by atoms with van der Waals surface area (Å²) in [7, 11) is 2.02. The summed E-state index contributed by atoms with van der Waals surface area (Å²) in [4.78, 5) is 0. The lowest BCUT2D eigenvalue weighted by Crippen LogP contribution is -1.97. The topological polar surface area (TPSA) is 30.9 Å². The highest BCUT2D eigenvalue weighted by atomic mass is 15.0. The lowest BCUT2D eigenvalue weighted by Gasteiger charge is -2.08. The lowest BCUT2D eigenvalue weighted by molar-refractivity contribution is 0.983. The molecule has 0 saturated heterocycles. The van der Waals surface area contributed by atoms with Crippen LogP contribution in [-0.2, 0) is 7.05 Å². The van der Waals surface area contributed by atoms with E-state index in [9.17, 15) is 0 Å². The minimum Gasteiger partial charge on any atom is -0.385 e. The Bertz CT molecular complexity index is 766. The van der Waals surface area contributed by atoms with Gasteiger partial charge >= 0.3 is 0 Å². The molecule has 0 aliphatic carbocycles. The number of nitrogen functional groups attached to an aromatic ring is 1. The summed E-state index contributed by atoms with van der Waals surface area (Å²) in [6.45, 7) is 4.26. The smallest absolute Gasteiger partial charge is 0.112 e. The molecule has 0 radical (unpaired) electrons. The van der Waals surface area contributed by atoms with E-state index in [1.807, 2.05) is 13.1 Å². The highest BCUT2D eigenvalue weighted by Crippen LogP contribution is 2.37. The molecule has 0 atom stereocenters. The SMILES string of the molecule is Cc1ccc(-c2c(N)n(C)c3ccccc23)c(C)c1. The van der Waals surface area contributed by atoms with Crippen molar-refractivity contribution in [1.82, 2.24) is 4.57 Å². The maximum Gasteiger partial charge on any atom is 0.112 e. The van der Waals surface area contributed by atoms with Gasteiger partial charge in [0.25, 0.3) is 0 Å². The van der Waals surface area contributed by atoms with Crippen LogP contribution >= 0.6 is 0 Å². The molecule has 0 fully saturated rings. The normalized spacial score (nSPS) is 11.1. The first-order chi connectivity index (χ1) is 9.09. The van der Waals surface area contributed by atoms with Gasteiger partial charge < -0.3 is 10.3 Å². The minimum absolute atomic E-state index is 0.827. The van der Waals surface area contributed by atoms with Gasteiger partial charge in [-0.05, 0) is 31.0 Å². The fourth-order valence-electron chi connectivity index (χ4n) is 2.79. The third kappa shape index (κ3) is 1.72. The lowest BCUT2D eigenvalue weighted by atomic mass is 9.97. The fraction of sp³-hybridized carbons (Fsp3) is 0.176. The molecule has 96 valence electrons. The Morgan fingerprint density at radius 2 is 1.74 bits per heavy atom. The van der Waals surface area contributed by atoms with Crippen LogP contribution in [-0.4, -0.2) is 4.57 Å². The molecular formula is C17H18N2. The standard InChI is InChI=1S/C17H18N2/c1-11-8-9-13(12(2)10-11)16-14-6-4-5-7-15(14)19(3)17(16)18/h4-10H,18H2,1-3H3. The quantitative estimate of drug-likeness (QED) is 0.694. The van der Waals surface area contributed by atoms with E-state index in [-0.39, 0.29) is 0 Å². The van der Waals surface area contributed by atoms with Crippen molar-refractivity contribution in [1.29, 1.82) is 0 Å². The summed E-state index contributed by atoms with van der Waals surface area (Å²) in [6, 6.07) is 14.9. The zero-order valence-electron chi connectivity index (χ0n) is 11.6. The molecule has 1 heterocycles. The van der Waals surface area contributed by atoms with E-state index in [2.05, 4.69) is 54.8 Å². The van der Waals surface area contributed by atoms with Crippen molar-refractivity contribution in [2.45, 2.75) is 13.8 Å². The van der Waals surface area contributed by atoms with Crippen molar-refractivity contribution in [2.24, 2.45) is 7.05 Å². The van der Waals surface area contributed by atoms with Gasteiger partial charge in [-0.1, -0.05) is 42.0 Å².